The maximum atomic E-state index is 13.5. The maximum Gasteiger partial charge on any atom is 0.306 e. The van der Waals surface area contributed by atoms with E-state index in [-0.39, 0.29) is 31.3 Å². The number of nitrogens with zero attached hydrogens (tertiary/aromatic N) is 1. The van der Waals surface area contributed by atoms with Gasteiger partial charge in [0.05, 0.1) is 33.8 Å². The van der Waals surface area contributed by atoms with Crippen molar-refractivity contribution in [1.82, 2.24) is 5.32 Å². The summed E-state index contributed by atoms with van der Waals surface area (Å²) in [7, 11) is 1.13. The molecule has 1 N–H and O–H groups in total. The summed E-state index contributed by atoms with van der Waals surface area (Å²) < 4.78 is 30.2. The molecule has 0 saturated carbocycles. The van der Waals surface area contributed by atoms with Gasteiger partial charge in [-0.05, 0) is 76.7 Å². The lowest BCUT2D eigenvalue weighted by atomic mass is 10.0. The van der Waals surface area contributed by atoms with Gasteiger partial charge in [0, 0.05) is 12.8 Å². The number of ether oxygens (including phenoxy) is 1. The molecule has 9 nitrogen and oxygen atoms in total. The van der Waals surface area contributed by atoms with Crippen LogP contribution in [0.25, 0.3) is 0 Å². The van der Waals surface area contributed by atoms with Crippen molar-refractivity contribution in [3.05, 3.63) is 109 Å². The van der Waals surface area contributed by atoms with Crippen molar-refractivity contribution < 1.29 is 37.3 Å². The zero-order chi connectivity index (χ0) is 52.2. The van der Waals surface area contributed by atoms with Gasteiger partial charge in [0.1, 0.15) is 19.3 Å². The molecule has 0 bridgehead atoms. The van der Waals surface area contributed by atoms with Crippen LogP contribution >= 0.6 is 7.82 Å². The van der Waals surface area contributed by atoms with Crippen molar-refractivity contribution in [2.45, 2.75) is 226 Å². The number of quaternary nitrogens is 1. The van der Waals surface area contributed by atoms with Gasteiger partial charge in [-0.1, -0.05) is 233 Å². The van der Waals surface area contributed by atoms with E-state index >= 15 is 0 Å². The molecule has 0 aromatic carbocycles. The molecule has 1 amide bonds. The molecule has 0 fully saturated rings. The Morgan fingerprint density at radius 3 is 1.41 bits per heavy atom. The van der Waals surface area contributed by atoms with Gasteiger partial charge in [0.25, 0.3) is 7.82 Å². The molecule has 0 spiro atoms. The van der Waals surface area contributed by atoms with Crippen LogP contribution in [-0.2, 0) is 27.9 Å². The lowest BCUT2D eigenvalue weighted by Crippen LogP contribution is -2.47. The molecule has 0 aliphatic heterocycles. The number of likely N-dealkylation sites (N-methyl/N-ethyl adjacent to an activating group) is 1. The van der Waals surface area contributed by atoms with Gasteiger partial charge in [0.2, 0.25) is 5.91 Å². The summed E-state index contributed by atoms with van der Waals surface area (Å²) in [6.45, 7) is 6.60. The van der Waals surface area contributed by atoms with Crippen LogP contribution in [0.4, 0.5) is 0 Å². The Labute approximate surface area is 436 Å². The van der Waals surface area contributed by atoms with Crippen molar-refractivity contribution in [2.24, 2.45) is 0 Å². The number of esters is 1. The number of phosphoric ester groups is 1. The molecule has 0 radical (unpaired) electrons. The van der Waals surface area contributed by atoms with Gasteiger partial charge in [0.15, 0.2) is 0 Å². The molecule has 0 saturated heterocycles. The smallest absolute Gasteiger partial charge is 0.306 e. The van der Waals surface area contributed by atoms with E-state index < -0.39 is 26.6 Å². The zero-order valence-electron chi connectivity index (χ0n) is 46.1. The SMILES string of the molecule is CC\C=C/C=C/C=C/C=C\C=C\C=C\CCCCCC(=O)NC(COP(=O)([O-])OCC[N+](C)(C)C)C(/C=C/CCCCCCCCCCCCC)OC(=O)CCCCCCCC/C=C/C=C/CCCCC. The first kappa shape index (κ1) is 67.7. The third kappa shape index (κ3) is 51.4. The van der Waals surface area contributed by atoms with Crippen molar-refractivity contribution in [3.63, 3.8) is 0 Å². The predicted molar refractivity (Wildman–Crippen MR) is 302 cm³/mol. The fourth-order valence-electron chi connectivity index (χ4n) is 7.48. The minimum absolute atomic E-state index is 0.0395. The van der Waals surface area contributed by atoms with Gasteiger partial charge >= 0.3 is 5.97 Å². The highest BCUT2D eigenvalue weighted by molar-refractivity contribution is 7.45. The normalized spacial score (nSPS) is 14.6. The number of nitrogens with one attached hydrogen (secondary N) is 1. The Morgan fingerprint density at radius 1 is 0.507 bits per heavy atom. The van der Waals surface area contributed by atoms with E-state index in [9.17, 15) is 19.0 Å². The van der Waals surface area contributed by atoms with Crippen LogP contribution in [0.15, 0.2) is 109 Å². The number of unbranched alkanes of at least 4 members (excludes halogenated alkanes) is 23. The summed E-state index contributed by atoms with van der Waals surface area (Å²) in [6, 6.07) is -0.923. The van der Waals surface area contributed by atoms with Crippen LogP contribution in [0.2, 0.25) is 0 Å². The summed E-state index contributed by atoms with van der Waals surface area (Å²) in [6.07, 6.45) is 67.6. The number of amides is 1. The van der Waals surface area contributed by atoms with Crippen LogP contribution in [-0.4, -0.2) is 69.4 Å². The third-order valence-corrected chi connectivity index (χ3v) is 12.8. The average molecular weight is 1010 g/mol. The first-order valence-corrected chi connectivity index (χ1v) is 29.8. The number of allylic oxidation sites excluding steroid dienone is 17. The van der Waals surface area contributed by atoms with E-state index in [1.807, 2.05) is 94.1 Å². The molecule has 0 rings (SSSR count). The van der Waals surface area contributed by atoms with Crippen LogP contribution in [0.1, 0.15) is 213 Å². The number of rotatable bonds is 49. The molecule has 0 aromatic rings. The molecule has 3 atom stereocenters. The lowest BCUT2D eigenvalue weighted by molar-refractivity contribution is -0.870. The van der Waals surface area contributed by atoms with Gasteiger partial charge in [-0.25, -0.2) is 0 Å². The molecule has 0 aromatic heterocycles. The molecule has 10 heteroatoms. The van der Waals surface area contributed by atoms with Gasteiger partial charge < -0.3 is 28.5 Å². The molecule has 0 aliphatic rings. The second kappa shape index (κ2) is 50.2. The highest BCUT2D eigenvalue weighted by Gasteiger charge is 2.27. The standard InChI is InChI=1S/C61H105N2O7P/c1-7-10-13-16-19-22-25-28-30-31-33-35-38-41-44-47-50-53-60(64)62-58(57-69-71(66,67)68-56-55-63(4,5)6)59(52-49-46-43-40-37-34-27-24-21-18-15-12-9-3)70-61(65)54-51-48-45-42-39-36-32-29-26-23-20-17-14-11-8-2/h10,13,16,19-20,22-23,25-26,28-31,33,35,38,49,52,58-59H,7-9,11-12,14-15,17-18,21,24,27,32,34,36-37,39-48,50-51,53-57H2,1-6H3,(H-,62,64,66,67)/b13-10-,19-16+,23-20+,25-22+,29-26+,30-28-,33-31+,38-35+,52-49+. The third-order valence-electron chi connectivity index (χ3n) is 11.9. The maximum absolute atomic E-state index is 13.5. The zero-order valence-corrected chi connectivity index (χ0v) is 47.0. The molecule has 71 heavy (non-hydrogen) atoms. The first-order chi connectivity index (χ1) is 34.4. The second-order valence-corrected chi connectivity index (χ2v) is 21.3. The average Bonchev–Trinajstić information content (AvgIpc) is 3.33. The monoisotopic (exact) mass is 1010 g/mol. The predicted octanol–water partition coefficient (Wildman–Crippen LogP) is 16.4. The minimum atomic E-state index is -4.72. The summed E-state index contributed by atoms with van der Waals surface area (Å²) in [5.74, 6) is -0.614. The molecule has 0 heterocycles. The Balaban J connectivity index is 5.52. The van der Waals surface area contributed by atoms with E-state index in [4.69, 9.17) is 13.8 Å². The molecule has 406 valence electrons. The highest BCUT2D eigenvalue weighted by atomic mass is 31.2. The Morgan fingerprint density at radius 2 is 0.901 bits per heavy atom. The summed E-state index contributed by atoms with van der Waals surface area (Å²) >= 11 is 0. The van der Waals surface area contributed by atoms with E-state index in [2.05, 4.69) is 62.5 Å². The topological polar surface area (TPSA) is 114 Å². The molecule has 3 unspecified atom stereocenters. The largest absolute Gasteiger partial charge is 0.756 e. The fraction of sp³-hybridized carbons (Fsp3) is 0.672. The minimum Gasteiger partial charge on any atom is -0.756 e. The van der Waals surface area contributed by atoms with E-state index in [0.717, 1.165) is 89.9 Å². The molecule has 0 aliphatic carbocycles. The van der Waals surface area contributed by atoms with Gasteiger partial charge in [-0.3, -0.25) is 14.2 Å². The Hall–Kier alpha value is -3.33. The number of hydrogen-bond donors (Lipinski definition) is 1. The van der Waals surface area contributed by atoms with Crippen molar-refractivity contribution >= 4 is 19.7 Å². The van der Waals surface area contributed by atoms with Gasteiger partial charge in [-0.2, -0.15) is 0 Å². The number of phosphoric acid groups is 1. The van der Waals surface area contributed by atoms with Crippen molar-refractivity contribution in [1.29, 1.82) is 0 Å². The Bertz CT molecular complexity index is 1580. The summed E-state index contributed by atoms with van der Waals surface area (Å²) in [5, 5.41) is 2.99. The summed E-state index contributed by atoms with van der Waals surface area (Å²) in [5.41, 5.74) is 0. The van der Waals surface area contributed by atoms with Gasteiger partial charge in [-0.15, -0.1) is 0 Å². The van der Waals surface area contributed by atoms with Crippen molar-refractivity contribution in [3.8, 4) is 0 Å². The van der Waals surface area contributed by atoms with E-state index in [0.29, 0.717) is 23.9 Å². The highest BCUT2D eigenvalue weighted by Crippen LogP contribution is 2.38. The summed E-state index contributed by atoms with van der Waals surface area (Å²) in [4.78, 5) is 39.8. The van der Waals surface area contributed by atoms with Crippen LogP contribution < -0.4 is 10.2 Å². The Kier molecular flexibility index (Phi) is 47.9. The van der Waals surface area contributed by atoms with E-state index in [1.54, 1.807) is 0 Å². The quantitative estimate of drug-likeness (QED) is 0.0161. The lowest BCUT2D eigenvalue weighted by Gasteiger charge is -2.30. The molecular formula is C61H105N2O7P. The van der Waals surface area contributed by atoms with Crippen LogP contribution in [0.3, 0.4) is 0 Å². The fourth-order valence-corrected chi connectivity index (χ4v) is 8.21. The molecular weight excluding hydrogens is 904 g/mol. The first-order valence-electron chi connectivity index (χ1n) is 28.3. The van der Waals surface area contributed by atoms with Crippen LogP contribution in [0.5, 0.6) is 0 Å². The van der Waals surface area contributed by atoms with Crippen molar-refractivity contribution in [2.75, 3.05) is 40.9 Å². The second-order valence-electron chi connectivity index (χ2n) is 19.9. The van der Waals surface area contributed by atoms with Crippen LogP contribution in [0, 0.1) is 0 Å². The number of hydrogen-bond acceptors (Lipinski definition) is 7. The number of carbonyl (C=O) groups is 2. The van der Waals surface area contributed by atoms with E-state index in [1.165, 1.54) is 77.0 Å². The number of carbonyl (C=O) groups excluding carboxylic acids is 2.